The maximum absolute atomic E-state index is 12.1. The molecule has 0 aromatic rings. The van der Waals surface area contributed by atoms with Gasteiger partial charge in [-0.05, 0) is 44.4 Å². The van der Waals surface area contributed by atoms with E-state index in [2.05, 4.69) is 20.8 Å². The Hall–Kier alpha value is -1.10. The molecule has 1 saturated carbocycles. The van der Waals surface area contributed by atoms with Crippen LogP contribution in [0.3, 0.4) is 0 Å². The topological polar surface area (TPSA) is 72.8 Å². The summed E-state index contributed by atoms with van der Waals surface area (Å²) in [5.74, 6) is -0.00539. The average Bonchev–Trinajstić information content (AvgIpc) is 2.37. The van der Waals surface area contributed by atoms with Gasteiger partial charge in [-0.25, -0.2) is 9.59 Å². The van der Waals surface area contributed by atoms with Crippen LogP contribution in [0.25, 0.3) is 0 Å². The summed E-state index contributed by atoms with van der Waals surface area (Å²) in [4.78, 5) is 23.4. The van der Waals surface area contributed by atoms with Gasteiger partial charge >= 0.3 is 11.9 Å². The van der Waals surface area contributed by atoms with Crippen LogP contribution in [0.1, 0.15) is 53.9 Å². The van der Waals surface area contributed by atoms with Crippen molar-refractivity contribution in [2.45, 2.75) is 72.2 Å². The first-order chi connectivity index (χ1) is 9.72. The minimum Gasteiger partial charge on any atom is -0.459 e. The van der Waals surface area contributed by atoms with Crippen molar-refractivity contribution < 1.29 is 24.2 Å². The summed E-state index contributed by atoms with van der Waals surface area (Å²) in [6.45, 7) is 9.21. The molecule has 0 bridgehead atoms. The molecule has 0 aromatic heterocycles. The van der Waals surface area contributed by atoms with E-state index in [4.69, 9.17) is 14.6 Å². The van der Waals surface area contributed by atoms with Crippen LogP contribution in [0.2, 0.25) is 0 Å². The van der Waals surface area contributed by atoms with Crippen molar-refractivity contribution in [2.24, 2.45) is 17.8 Å². The van der Waals surface area contributed by atoms with Gasteiger partial charge in [-0.15, -0.1) is 0 Å². The number of aliphatic hydroxyl groups is 1. The number of carbonyl (C=O) groups is 2. The van der Waals surface area contributed by atoms with Crippen molar-refractivity contribution in [2.75, 3.05) is 0 Å². The van der Waals surface area contributed by atoms with Crippen molar-refractivity contribution in [1.82, 2.24) is 0 Å². The Bertz CT molecular complexity index is 364. The van der Waals surface area contributed by atoms with Crippen molar-refractivity contribution >= 4 is 11.9 Å². The lowest BCUT2D eigenvalue weighted by Crippen LogP contribution is -2.39. The second-order valence-corrected chi connectivity index (χ2v) is 6.56. The molecule has 1 aliphatic carbocycles. The Morgan fingerprint density at radius 1 is 1.10 bits per heavy atom. The quantitative estimate of drug-likeness (QED) is 0.789. The number of rotatable bonds is 5. The van der Waals surface area contributed by atoms with E-state index in [1.807, 2.05) is 0 Å². The molecule has 1 rings (SSSR count). The summed E-state index contributed by atoms with van der Waals surface area (Å²) in [6, 6.07) is 0. The molecule has 0 saturated heterocycles. The van der Waals surface area contributed by atoms with E-state index in [0.29, 0.717) is 17.8 Å². The molecule has 0 amide bonds. The highest BCUT2D eigenvalue weighted by molar-refractivity contribution is 5.80. The van der Waals surface area contributed by atoms with Crippen LogP contribution in [0.15, 0.2) is 0 Å². The zero-order valence-electron chi connectivity index (χ0n) is 13.7. The normalized spacial score (nSPS) is 28.8. The first-order valence-corrected chi connectivity index (χ1v) is 7.81. The van der Waals surface area contributed by atoms with Crippen LogP contribution in [0.4, 0.5) is 0 Å². The molecule has 5 heteroatoms. The molecule has 5 atom stereocenters. The number of ether oxygens (including phenoxy) is 2. The molecule has 1 aliphatic rings. The average molecular weight is 300 g/mol. The molecular weight excluding hydrogens is 272 g/mol. The molecule has 4 unspecified atom stereocenters. The van der Waals surface area contributed by atoms with Gasteiger partial charge in [0.05, 0.1) is 0 Å². The van der Waals surface area contributed by atoms with Crippen molar-refractivity contribution in [3.8, 4) is 0 Å². The predicted octanol–water partition coefficient (Wildman–Crippen LogP) is 2.30. The SMILES string of the molecule is CC1CCC(C(C)C)C(OC(=O)[C@H](C)OC(=O)C(C)O)C1. The standard InChI is InChI=1S/C16H28O5/c1-9(2)13-7-6-10(3)8-14(13)21-16(19)12(5)20-15(18)11(4)17/h9-14,17H,6-8H2,1-5H3/t10?,11?,12-,13?,14?/m0/s1. The molecule has 122 valence electrons. The fourth-order valence-electron chi connectivity index (χ4n) is 2.82. The molecule has 1 N–H and O–H groups in total. The van der Waals surface area contributed by atoms with Crippen molar-refractivity contribution in [3.05, 3.63) is 0 Å². The monoisotopic (exact) mass is 300 g/mol. The lowest BCUT2D eigenvalue weighted by atomic mass is 9.75. The van der Waals surface area contributed by atoms with E-state index in [-0.39, 0.29) is 6.10 Å². The fourth-order valence-corrected chi connectivity index (χ4v) is 2.82. The summed E-state index contributed by atoms with van der Waals surface area (Å²) in [5, 5.41) is 9.10. The Labute approximate surface area is 127 Å². The van der Waals surface area contributed by atoms with Crippen LogP contribution >= 0.6 is 0 Å². The van der Waals surface area contributed by atoms with E-state index in [1.54, 1.807) is 0 Å². The van der Waals surface area contributed by atoms with E-state index >= 15 is 0 Å². The van der Waals surface area contributed by atoms with Gasteiger partial charge in [-0.3, -0.25) is 0 Å². The molecule has 0 spiro atoms. The van der Waals surface area contributed by atoms with Gasteiger partial charge in [0.25, 0.3) is 0 Å². The fraction of sp³-hybridized carbons (Fsp3) is 0.875. The van der Waals surface area contributed by atoms with E-state index in [0.717, 1.165) is 19.3 Å². The highest BCUT2D eigenvalue weighted by Crippen LogP contribution is 2.35. The largest absolute Gasteiger partial charge is 0.459 e. The lowest BCUT2D eigenvalue weighted by molar-refractivity contribution is -0.178. The van der Waals surface area contributed by atoms with Crippen LogP contribution in [0.5, 0.6) is 0 Å². The minimum absolute atomic E-state index is 0.117. The third kappa shape index (κ3) is 5.30. The van der Waals surface area contributed by atoms with E-state index < -0.39 is 24.1 Å². The molecule has 21 heavy (non-hydrogen) atoms. The van der Waals surface area contributed by atoms with Gasteiger partial charge in [-0.2, -0.15) is 0 Å². The number of hydrogen-bond donors (Lipinski definition) is 1. The molecule has 0 heterocycles. The molecule has 0 aromatic carbocycles. The van der Waals surface area contributed by atoms with Crippen LogP contribution in [-0.4, -0.2) is 35.4 Å². The third-order valence-electron chi connectivity index (χ3n) is 4.19. The Morgan fingerprint density at radius 3 is 2.24 bits per heavy atom. The highest BCUT2D eigenvalue weighted by atomic mass is 16.6. The summed E-state index contributed by atoms with van der Waals surface area (Å²) >= 11 is 0. The summed E-state index contributed by atoms with van der Waals surface area (Å²) in [6.07, 6.45) is 0.720. The van der Waals surface area contributed by atoms with Gasteiger partial charge in [0.2, 0.25) is 0 Å². The van der Waals surface area contributed by atoms with Crippen LogP contribution in [-0.2, 0) is 19.1 Å². The van der Waals surface area contributed by atoms with Gasteiger partial charge in [0.15, 0.2) is 6.10 Å². The third-order valence-corrected chi connectivity index (χ3v) is 4.19. The second kappa shape index (κ2) is 7.78. The number of aliphatic hydroxyl groups excluding tert-OH is 1. The van der Waals surface area contributed by atoms with Gasteiger partial charge in [0, 0.05) is 0 Å². The van der Waals surface area contributed by atoms with Gasteiger partial charge in [-0.1, -0.05) is 27.2 Å². The maximum Gasteiger partial charge on any atom is 0.347 e. The van der Waals surface area contributed by atoms with Crippen molar-refractivity contribution in [3.63, 3.8) is 0 Å². The summed E-state index contributed by atoms with van der Waals surface area (Å²) < 4.78 is 10.5. The van der Waals surface area contributed by atoms with Crippen LogP contribution in [0, 0.1) is 17.8 Å². The van der Waals surface area contributed by atoms with Gasteiger partial charge in [0.1, 0.15) is 12.2 Å². The predicted molar refractivity (Wildman–Crippen MR) is 78.5 cm³/mol. The first kappa shape index (κ1) is 18.0. The Morgan fingerprint density at radius 2 is 1.71 bits per heavy atom. The number of carbonyl (C=O) groups excluding carboxylic acids is 2. The Balaban J connectivity index is 2.59. The maximum atomic E-state index is 12.1. The molecule has 5 nitrogen and oxygen atoms in total. The second-order valence-electron chi connectivity index (χ2n) is 6.56. The molecule has 0 radical (unpaired) electrons. The van der Waals surface area contributed by atoms with E-state index in [9.17, 15) is 9.59 Å². The smallest absolute Gasteiger partial charge is 0.347 e. The number of esters is 2. The zero-order chi connectivity index (χ0) is 16.2. The molecule has 0 aliphatic heterocycles. The van der Waals surface area contributed by atoms with Crippen LogP contribution < -0.4 is 0 Å². The van der Waals surface area contributed by atoms with Crippen molar-refractivity contribution in [1.29, 1.82) is 0 Å². The first-order valence-electron chi connectivity index (χ1n) is 7.81. The Kier molecular flexibility index (Phi) is 6.65. The molecule has 1 fully saturated rings. The van der Waals surface area contributed by atoms with Gasteiger partial charge < -0.3 is 14.6 Å². The number of hydrogen-bond acceptors (Lipinski definition) is 5. The molecular formula is C16H28O5. The summed E-state index contributed by atoms with van der Waals surface area (Å²) in [7, 11) is 0. The zero-order valence-corrected chi connectivity index (χ0v) is 13.7. The van der Waals surface area contributed by atoms with E-state index in [1.165, 1.54) is 13.8 Å². The highest BCUT2D eigenvalue weighted by Gasteiger charge is 2.35. The summed E-state index contributed by atoms with van der Waals surface area (Å²) in [5.41, 5.74) is 0. The minimum atomic E-state index is -1.24. The lowest BCUT2D eigenvalue weighted by Gasteiger charge is -2.37.